The van der Waals surface area contributed by atoms with E-state index in [1.165, 1.54) is 23.1 Å². The van der Waals surface area contributed by atoms with Gasteiger partial charge in [-0.2, -0.15) is 0 Å². The van der Waals surface area contributed by atoms with E-state index in [4.69, 9.17) is 27.9 Å². The van der Waals surface area contributed by atoms with Gasteiger partial charge in [0.15, 0.2) is 12.4 Å². The molecule has 2 aromatic rings. The van der Waals surface area contributed by atoms with Gasteiger partial charge in [-0.15, -0.1) is 0 Å². The average Bonchev–Trinajstić information content (AvgIpc) is 2.56. The van der Waals surface area contributed by atoms with E-state index in [0.717, 1.165) is 5.56 Å². The lowest BCUT2D eigenvalue weighted by atomic mass is 10.2. The van der Waals surface area contributed by atoms with Crippen molar-refractivity contribution in [1.82, 2.24) is 4.90 Å². The number of nitro groups is 1. The van der Waals surface area contributed by atoms with E-state index >= 15 is 0 Å². The van der Waals surface area contributed by atoms with Crippen molar-refractivity contribution in [3.8, 4) is 5.75 Å². The molecule has 0 bridgehead atoms. The van der Waals surface area contributed by atoms with Crippen LogP contribution >= 0.6 is 23.2 Å². The number of carbonyl (C=O) groups is 1. The zero-order valence-corrected chi connectivity index (χ0v) is 14.3. The summed E-state index contributed by atoms with van der Waals surface area (Å²) in [4.78, 5) is 23.9. The smallest absolute Gasteiger partial charge is 0.310 e. The molecule has 0 aliphatic heterocycles. The number of hydrogen-bond acceptors (Lipinski definition) is 4. The van der Waals surface area contributed by atoms with Crippen molar-refractivity contribution in [2.45, 2.75) is 6.54 Å². The Labute approximate surface area is 148 Å². The minimum Gasteiger partial charge on any atom is -0.477 e. The molecular weight excluding hydrogens is 355 g/mol. The minimum absolute atomic E-state index is 0.0544. The van der Waals surface area contributed by atoms with Crippen LogP contribution in [0.3, 0.4) is 0 Å². The van der Waals surface area contributed by atoms with Crippen molar-refractivity contribution >= 4 is 34.8 Å². The molecule has 126 valence electrons. The van der Waals surface area contributed by atoms with Gasteiger partial charge >= 0.3 is 5.69 Å². The summed E-state index contributed by atoms with van der Waals surface area (Å²) in [7, 11) is 1.60. The molecule has 0 aromatic heterocycles. The second-order valence-corrected chi connectivity index (χ2v) is 5.83. The second-order valence-electron chi connectivity index (χ2n) is 5.01. The minimum atomic E-state index is -0.556. The van der Waals surface area contributed by atoms with Gasteiger partial charge in [-0.3, -0.25) is 14.9 Å². The van der Waals surface area contributed by atoms with Crippen LogP contribution < -0.4 is 4.74 Å². The summed E-state index contributed by atoms with van der Waals surface area (Å²) in [6, 6.07) is 11.0. The molecule has 0 saturated heterocycles. The highest BCUT2D eigenvalue weighted by Gasteiger charge is 2.16. The van der Waals surface area contributed by atoms with Gasteiger partial charge in [0.05, 0.1) is 15.0 Å². The van der Waals surface area contributed by atoms with Crippen LogP contribution in [-0.2, 0) is 11.3 Å². The van der Waals surface area contributed by atoms with E-state index in [9.17, 15) is 14.9 Å². The van der Waals surface area contributed by atoms with Gasteiger partial charge in [0, 0.05) is 19.7 Å². The van der Waals surface area contributed by atoms with Gasteiger partial charge in [-0.1, -0.05) is 41.4 Å². The fourth-order valence-corrected chi connectivity index (χ4v) is 2.30. The molecule has 0 spiro atoms. The van der Waals surface area contributed by atoms with Crippen molar-refractivity contribution in [3.63, 3.8) is 0 Å². The highest BCUT2D eigenvalue weighted by atomic mass is 35.5. The fraction of sp³-hybridized carbons (Fsp3) is 0.188. The molecule has 0 heterocycles. The maximum Gasteiger partial charge on any atom is 0.310 e. The molecule has 0 unspecified atom stereocenters. The third-order valence-electron chi connectivity index (χ3n) is 3.24. The lowest BCUT2D eigenvalue weighted by Crippen LogP contribution is -2.31. The van der Waals surface area contributed by atoms with Crippen LogP contribution in [0.4, 0.5) is 5.69 Å². The largest absolute Gasteiger partial charge is 0.477 e. The number of nitro benzene ring substituents is 1. The number of ether oxygens (including phenoxy) is 1. The number of likely N-dealkylation sites (N-methyl/N-ethyl adjacent to an activating group) is 1. The maximum absolute atomic E-state index is 12.1. The first-order chi connectivity index (χ1) is 11.4. The van der Waals surface area contributed by atoms with Crippen molar-refractivity contribution in [2.24, 2.45) is 0 Å². The van der Waals surface area contributed by atoms with E-state index in [2.05, 4.69) is 0 Å². The summed E-state index contributed by atoms with van der Waals surface area (Å²) in [6.07, 6.45) is 0. The number of benzene rings is 2. The molecule has 0 radical (unpaired) electrons. The summed E-state index contributed by atoms with van der Waals surface area (Å²) in [6.45, 7) is 0.0125. The molecule has 8 heteroatoms. The highest BCUT2D eigenvalue weighted by Crippen LogP contribution is 2.26. The number of hydrogen-bond donors (Lipinski definition) is 0. The number of rotatable bonds is 6. The van der Waals surface area contributed by atoms with Gasteiger partial charge in [0.1, 0.15) is 0 Å². The number of para-hydroxylation sites is 2. The molecule has 0 atom stereocenters. The van der Waals surface area contributed by atoms with Gasteiger partial charge < -0.3 is 9.64 Å². The average molecular weight is 369 g/mol. The van der Waals surface area contributed by atoms with Crippen LogP contribution in [0.15, 0.2) is 42.5 Å². The van der Waals surface area contributed by atoms with Gasteiger partial charge in [0.2, 0.25) is 0 Å². The predicted molar refractivity (Wildman–Crippen MR) is 91.5 cm³/mol. The maximum atomic E-state index is 12.1. The van der Waals surface area contributed by atoms with Crippen molar-refractivity contribution in [2.75, 3.05) is 13.7 Å². The summed E-state index contributed by atoms with van der Waals surface area (Å²) >= 11 is 11.8. The number of amides is 1. The Morgan fingerprint density at radius 1 is 1.21 bits per heavy atom. The van der Waals surface area contributed by atoms with Gasteiger partial charge in [-0.25, -0.2) is 0 Å². The number of nitrogens with zero attached hydrogens (tertiary/aromatic N) is 2. The lowest BCUT2D eigenvalue weighted by Gasteiger charge is -2.18. The zero-order valence-electron chi connectivity index (χ0n) is 12.7. The normalized spacial score (nSPS) is 10.3. The first kappa shape index (κ1) is 18.0. The Bertz CT molecular complexity index is 767. The fourth-order valence-electron chi connectivity index (χ4n) is 1.98. The quantitative estimate of drug-likeness (QED) is 0.571. The molecule has 1 amide bonds. The van der Waals surface area contributed by atoms with Crippen LogP contribution in [0, 0.1) is 10.1 Å². The molecule has 2 rings (SSSR count). The molecule has 0 aliphatic rings. The van der Waals surface area contributed by atoms with Crippen LogP contribution in [-0.4, -0.2) is 29.4 Å². The molecule has 6 nitrogen and oxygen atoms in total. The Balaban J connectivity index is 1.97. The van der Waals surface area contributed by atoms with Crippen molar-refractivity contribution in [3.05, 3.63) is 68.2 Å². The number of halogens is 2. The van der Waals surface area contributed by atoms with Crippen LogP contribution in [0.2, 0.25) is 10.0 Å². The van der Waals surface area contributed by atoms with E-state index < -0.39 is 4.92 Å². The Hall–Kier alpha value is -2.31. The SMILES string of the molecule is CN(Cc1ccc(Cl)c(Cl)c1)C(=O)COc1ccccc1[N+](=O)[O-]. The first-order valence-corrected chi connectivity index (χ1v) is 7.68. The second kappa shape index (κ2) is 7.99. The highest BCUT2D eigenvalue weighted by molar-refractivity contribution is 6.42. The Morgan fingerprint density at radius 3 is 2.58 bits per heavy atom. The summed E-state index contributed by atoms with van der Waals surface area (Å²) in [5.41, 5.74) is 0.628. The zero-order chi connectivity index (χ0) is 17.7. The van der Waals surface area contributed by atoms with Crippen molar-refractivity contribution < 1.29 is 14.5 Å². The third-order valence-corrected chi connectivity index (χ3v) is 3.98. The molecule has 0 aliphatic carbocycles. The Morgan fingerprint density at radius 2 is 1.92 bits per heavy atom. The van der Waals surface area contributed by atoms with Crippen LogP contribution in [0.5, 0.6) is 5.75 Å². The first-order valence-electron chi connectivity index (χ1n) is 6.92. The standard InChI is InChI=1S/C16H14Cl2N2O4/c1-19(9-11-6-7-12(17)13(18)8-11)16(21)10-24-15-5-3-2-4-14(15)20(22)23/h2-8H,9-10H2,1H3. The van der Waals surface area contributed by atoms with E-state index in [1.807, 2.05) is 0 Å². The number of carbonyl (C=O) groups excluding carboxylic acids is 1. The van der Waals surface area contributed by atoms with Gasteiger partial charge in [0.25, 0.3) is 5.91 Å². The molecule has 24 heavy (non-hydrogen) atoms. The Kier molecular flexibility index (Phi) is 6.00. The summed E-state index contributed by atoms with van der Waals surface area (Å²) < 4.78 is 5.28. The van der Waals surface area contributed by atoms with E-state index in [1.54, 1.807) is 31.3 Å². The van der Waals surface area contributed by atoms with E-state index in [-0.39, 0.29) is 24.0 Å². The van der Waals surface area contributed by atoms with Crippen LogP contribution in [0.1, 0.15) is 5.56 Å². The summed E-state index contributed by atoms with van der Waals surface area (Å²) in [5.74, 6) is -0.266. The molecule has 0 N–H and O–H groups in total. The molecule has 0 fully saturated rings. The monoisotopic (exact) mass is 368 g/mol. The lowest BCUT2D eigenvalue weighted by molar-refractivity contribution is -0.385. The van der Waals surface area contributed by atoms with E-state index in [0.29, 0.717) is 16.6 Å². The third kappa shape index (κ3) is 4.59. The molecule has 0 saturated carbocycles. The van der Waals surface area contributed by atoms with Gasteiger partial charge in [-0.05, 0) is 23.8 Å². The topological polar surface area (TPSA) is 72.7 Å². The summed E-state index contributed by atoms with van der Waals surface area (Å²) in [5, 5.41) is 11.8. The van der Waals surface area contributed by atoms with Crippen LogP contribution in [0.25, 0.3) is 0 Å². The molecule has 2 aromatic carbocycles. The van der Waals surface area contributed by atoms with Crippen molar-refractivity contribution in [1.29, 1.82) is 0 Å². The molecular formula is C16H14Cl2N2O4. The predicted octanol–water partition coefficient (Wildman–Crippen LogP) is 3.94.